The Labute approximate surface area is 245 Å². The molecule has 0 atom stereocenters. The Morgan fingerprint density at radius 2 is 1.07 bits per heavy atom. The van der Waals surface area contributed by atoms with Crippen molar-refractivity contribution in [2.75, 3.05) is 0 Å². The van der Waals surface area contributed by atoms with E-state index in [4.69, 9.17) is 9.98 Å². The third kappa shape index (κ3) is 5.90. The summed E-state index contributed by atoms with van der Waals surface area (Å²) in [5.41, 5.74) is 11.1. The van der Waals surface area contributed by atoms with Crippen molar-refractivity contribution < 1.29 is 4.92 Å². The third-order valence-corrected chi connectivity index (χ3v) is 7.18. The molecule has 0 radical (unpaired) electrons. The van der Waals surface area contributed by atoms with Crippen molar-refractivity contribution in [2.45, 2.75) is 34.6 Å². The smallest absolute Gasteiger partial charge is 0.258 e. The molecule has 0 bridgehead atoms. The molecule has 208 valence electrons. The largest absolute Gasteiger partial charge is 0.277 e. The standard InChI is InChI=1S/C35H31N5O2/c1-22-12-13-31(40(41)42)33(28-18-25(4)35(26(5)19-28)39-21-30-11-7-9-15-37-30)32(22)27-16-23(2)34(24(3)17-27)38-20-29-10-6-8-14-36-29/h6-21H,1-5H3. The molecule has 0 amide bonds. The van der Waals surface area contributed by atoms with E-state index in [9.17, 15) is 10.1 Å². The summed E-state index contributed by atoms with van der Waals surface area (Å²) in [5.74, 6) is 0. The Bertz CT molecular complexity index is 1800. The van der Waals surface area contributed by atoms with Crippen LogP contribution in [-0.4, -0.2) is 27.3 Å². The zero-order valence-electron chi connectivity index (χ0n) is 24.3. The van der Waals surface area contributed by atoms with Gasteiger partial charge in [0.05, 0.1) is 45.7 Å². The number of nitrogens with zero attached hydrogens (tertiary/aromatic N) is 5. The van der Waals surface area contributed by atoms with Gasteiger partial charge in [0.25, 0.3) is 5.69 Å². The molecule has 0 saturated carbocycles. The van der Waals surface area contributed by atoms with Gasteiger partial charge in [0.15, 0.2) is 0 Å². The monoisotopic (exact) mass is 553 g/mol. The molecule has 0 saturated heterocycles. The summed E-state index contributed by atoms with van der Waals surface area (Å²) >= 11 is 0. The normalized spacial score (nSPS) is 11.5. The number of rotatable bonds is 7. The lowest BCUT2D eigenvalue weighted by Gasteiger charge is -2.18. The number of nitro groups is 1. The summed E-state index contributed by atoms with van der Waals surface area (Å²) in [6.07, 6.45) is 6.95. The minimum Gasteiger partial charge on any atom is -0.258 e. The summed E-state index contributed by atoms with van der Waals surface area (Å²) in [6, 6.07) is 22.8. The zero-order chi connectivity index (χ0) is 29.8. The highest BCUT2D eigenvalue weighted by Gasteiger charge is 2.24. The lowest BCUT2D eigenvalue weighted by molar-refractivity contribution is -0.384. The average Bonchev–Trinajstić information content (AvgIpc) is 2.97. The predicted molar refractivity (Wildman–Crippen MR) is 171 cm³/mol. The maximum atomic E-state index is 12.3. The maximum absolute atomic E-state index is 12.3. The molecule has 0 spiro atoms. The van der Waals surface area contributed by atoms with Gasteiger partial charge < -0.3 is 0 Å². The number of aromatic nitrogens is 2. The molecule has 7 nitrogen and oxygen atoms in total. The highest BCUT2D eigenvalue weighted by molar-refractivity contribution is 5.93. The van der Waals surface area contributed by atoms with Crippen molar-refractivity contribution in [1.29, 1.82) is 0 Å². The molecule has 42 heavy (non-hydrogen) atoms. The lowest BCUT2D eigenvalue weighted by atomic mass is 9.87. The number of hydrogen-bond donors (Lipinski definition) is 0. The van der Waals surface area contributed by atoms with Crippen LogP contribution in [0.25, 0.3) is 22.3 Å². The van der Waals surface area contributed by atoms with E-state index in [-0.39, 0.29) is 10.6 Å². The number of pyridine rings is 2. The maximum Gasteiger partial charge on any atom is 0.277 e. The van der Waals surface area contributed by atoms with Gasteiger partial charge in [0, 0.05) is 18.5 Å². The molecule has 0 N–H and O–H groups in total. The van der Waals surface area contributed by atoms with Gasteiger partial charge in [-0.1, -0.05) is 18.2 Å². The molecule has 2 heterocycles. The van der Waals surface area contributed by atoms with Crippen molar-refractivity contribution >= 4 is 29.5 Å². The molecule has 0 unspecified atom stereocenters. The van der Waals surface area contributed by atoms with Gasteiger partial charge in [-0.2, -0.15) is 0 Å². The first kappa shape index (κ1) is 28.2. The quantitative estimate of drug-likeness (QED) is 0.114. The Balaban J connectivity index is 1.63. The van der Waals surface area contributed by atoms with Crippen LogP contribution in [0.1, 0.15) is 39.2 Å². The summed E-state index contributed by atoms with van der Waals surface area (Å²) in [6.45, 7) is 9.97. The minimum absolute atomic E-state index is 0.0618. The summed E-state index contributed by atoms with van der Waals surface area (Å²) < 4.78 is 0. The van der Waals surface area contributed by atoms with Crippen molar-refractivity contribution in [3.8, 4) is 22.3 Å². The average molecular weight is 554 g/mol. The van der Waals surface area contributed by atoms with E-state index in [1.165, 1.54) is 0 Å². The first-order valence-corrected chi connectivity index (χ1v) is 13.6. The molecule has 2 aromatic heterocycles. The zero-order valence-corrected chi connectivity index (χ0v) is 24.3. The molecular formula is C35H31N5O2. The second kappa shape index (κ2) is 12.1. The number of nitro benzene ring substituents is 1. The van der Waals surface area contributed by atoms with E-state index in [1.807, 2.05) is 89.2 Å². The van der Waals surface area contributed by atoms with Crippen LogP contribution in [0, 0.1) is 44.7 Å². The molecule has 7 heteroatoms. The fourth-order valence-electron chi connectivity index (χ4n) is 5.29. The van der Waals surface area contributed by atoms with Crippen LogP contribution in [0.5, 0.6) is 0 Å². The highest BCUT2D eigenvalue weighted by Crippen LogP contribution is 2.44. The van der Waals surface area contributed by atoms with Crippen LogP contribution in [0.4, 0.5) is 17.1 Å². The van der Waals surface area contributed by atoms with Gasteiger partial charge in [0.2, 0.25) is 0 Å². The number of hydrogen-bond acceptors (Lipinski definition) is 6. The molecule has 3 aromatic carbocycles. The Hall–Kier alpha value is -5.30. The van der Waals surface area contributed by atoms with Gasteiger partial charge in [-0.05, 0) is 128 Å². The van der Waals surface area contributed by atoms with Gasteiger partial charge in [0.1, 0.15) is 0 Å². The number of aliphatic imine (C=N–C) groups is 2. The van der Waals surface area contributed by atoms with Crippen LogP contribution in [0.3, 0.4) is 0 Å². The Kier molecular flexibility index (Phi) is 8.11. The van der Waals surface area contributed by atoms with Crippen molar-refractivity contribution in [1.82, 2.24) is 9.97 Å². The topological polar surface area (TPSA) is 93.6 Å². The molecule has 0 aliphatic rings. The second-order valence-corrected chi connectivity index (χ2v) is 10.4. The van der Waals surface area contributed by atoms with Crippen LogP contribution in [-0.2, 0) is 0 Å². The van der Waals surface area contributed by atoms with Crippen molar-refractivity contribution in [2.24, 2.45) is 9.98 Å². The summed E-state index contributed by atoms with van der Waals surface area (Å²) in [7, 11) is 0. The Morgan fingerprint density at radius 3 is 1.48 bits per heavy atom. The summed E-state index contributed by atoms with van der Waals surface area (Å²) in [5, 5.41) is 12.3. The van der Waals surface area contributed by atoms with Crippen LogP contribution >= 0.6 is 0 Å². The summed E-state index contributed by atoms with van der Waals surface area (Å²) in [4.78, 5) is 30.1. The lowest BCUT2D eigenvalue weighted by Crippen LogP contribution is -1.99. The number of benzene rings is 3. The fraction of sp³-hybridized carbons (Fsp3) is 0.143. The van der Waals surface area contributed by atoms with Gasteiger partial charge in [-0.15, -0.1) is 0 Å². The van der Waals surface area contributed by atoms with Crippen molar-refractivity contribution in [3.63, 3.8) is 0 Å². The van der Waals surface area contributed by atoms with E-state index in [0.717, 1.165) is 67.3 Å². The predicted octanol–water partition coefficient (Wildman–Crippen LogP) is 8.76. The Morgan fingerprint density at radius 1 is 0.619 bits per heavy atom. The molecule has 5 rings (SSSR count). The van der Waals surface area contributed by atoms with Crippen LogP contribution in [0.2, 0.25) is 0 Å². The molecule has 5 aromatic rings. The van der Waals surface area contributed by atoms with E-state index in [0.29, 0.717) is 5.56 Å². The molecule has 0 fully saturated rings. The highest BCUT2D eigenvalue weighted by atomic mass is 16.6. The fourth-order valence-corrected chi connectivity index (χ4v) is 5.29. The molecule has 0 aliphatic carbocycles. The molecule has 0 aliphatic heterocycles. The minimum atomic E-state index is -0.304. The van der Waals surface area contributed by atoms with E-state index in [2.05, 4.69) is 22.1 Å². The van der Waals surface area contributed by atoms with Crippen LogP contribution < -0.4 is 0 Å². The third-order valence-electron chi connectivity index (χ3n) is 7.18. The first-order valence-electron chi connectivity index (χ1n) is 13.6. The first-order chi connectivity index (χ1) is 20.2. The van der Waals surface area contributed by atoms with Crippen molar-refractivity contribution in [3.05, 3.63) is 135 Å². The number of aryl methyl sites for hydroxylation is 5. The SMILES string of the molecule is Cc1cc(-c2c(C)ccc([N+](=O)[O-])c2-c2cc(C)c(N=Cc3ccccn3)c(C)c2)cc(C)c1N=Cc1ccccn1. The van der Waals surface area contributed by atoms with Gasteiger partial charge >= 0.3 is 0 Å². The second-order valence-electron chi connectivity index (χ2n) is 10.4. The van der Waals surface area contributed by atoms with Gasteiger partial charge in [-0.25, -0.2) is 0 Å². The molecular weight excluding hydrogens is 522 g/mol. The van der Waals surface area contributed by atoms with E-state index < -0.39 is 0 Å². The van der Waals surface area contributed by atoms with E-state index >= 15 is 0 Å². The van der Waals surface area contributed by atoms with E-state index in [1.54, 1.807) is 30.9 Å². The van der Waals surface area contributed by atoms with Gasteiger partial charge in [-0.3, -0.25) is 30.1 Å². The van der Waals surface area contributed by atoms with Crippen LogP contribution in [0.15, 0.2) is 95.2 Å².